The zero-order chi connectivity index (χ0) is 11.1. The Morgan fingerprint density at radius 1 is 1.27 bits per heavy atom. The van der Waals surface area contributed by atoms with Crippen LogP contribution in [0.2, 0.25) is 0 Å². The van der Waals surface area contributed by atoms with Crippen LogP contribution in [-0.4, -0.2) is 31.6 Å². The zero-order valence-electron chi connectivity index (χ0n) is 10.1. The minimum Gasteiger partial charge on any atom is -0.384 e. The van der Waals surface area contributed by atoms with Gasteiger partial charge in [0.2, 0.25) is 0 Å². The van der Waals surface area contributed by atoms with Gasteiger partial charge in [-0.3, -0.25) is 0 Å². The third-order valence-corrected chi connectivity index (χ3v) is 2.45. The maximum Gasteiger partial charge on any atom is 0.0343 e. The van der Waals surface area contributed by atoms with Crippen molar-refractivity contribution in [3.8, 4) is 0 Å². The minimum atomic E-state index is 1.01. The molecule has 1 N–H and O–H groups in total. The summed E-state index contributed by atoms with van der Waals surface area (Å²) in [6.07, 6.45) is 1.22. The molecule has 0 atom stereocenters. The molecule has 0 aliphatic heterocycles. The lowest BCUT2D eigenvalue weighted by Crippen LogP contribution is -2.25. The molecule has 0 saturated heterocycles. The van der Waals surface area contributed by atoms with Crippen molar-refractivity contribution in [3.05, 3.63) is 29.8 Å². The second-order valence-electron chi connectivity index (χ2n) is 4.10. The van der Waals surface area contributed by atoms with Crippen LogP contribution in [0.15, 0.2) is 24.3 Å². The van der Waals surface area contributed by atoms with Gasteiger partial charge < -0.3 is 10.2 Å². The van der Waals surface area contributed by atoms with Crippen molar-refractivity contribution < 1.29 is 0 Å². The van der Waals surface area contributed by atoms with E-state index in [1.165, 1.54) is 24.2 Å². The summed E-state index contributed by atoms with van der Waals surface area (Å²) in [6.45, 7) is 7.62. The number of hydrogen-bond donors (Lipinski definition) is 1. The lowest BCUT2D eigenvalue weighted by Gasteiger charge is -2.16. The Morgan fingerprint density at radius 2 is 2.07 bits per heavy atom. The number of benzene rings is 1. The molecule has 0 saturated carbocycles. The van der Waals surface area contributed by atoms with Crippen LogP contribution in [0.5, 0.6) is 0 Å². The number of anilines is 1. The summed E-state index contributed by atoms with van der Waals surface area (Å²) < 4.78 is 0. The van der Waals surface area contributed by atoms with E-state index < -0.39 is 0 Å². The highest BCUT2D eigenvalue weighted by Gasteiger charge is 1.96. The summed E-state index contributed by atoms with van der Waals surface area (Å²) >= 11 is 0. The van der Waals surface area contributed by atoms with Crippen LogP contribution < -0.4 is 5.32 Å². The summed E-state index contributed by atoms with van der Waals surface area (Å²) in [6, 6.07) is 8.51. The van der Waals surface area contributed by atoms with Crippen molar-refractivity contribution in [2.75, 3.05) is 32.0 Å². The quantitative estimate of drug-likeness (QED) is 0.770. The normalized spacial score (nSPS) is 10.7. The number of nitrogens with zero attached hydrogens (tertiary/aromatic N) is 1. The van der Waals surface area contributed by atoms with Crippen molar-refractivity contribution in [1.82, 2.24) is 4.90 Å². The fourth-order valence-corrected chi connectivity index (χ4v) is 1.64. The molecule has 84 valence electrons. The van der Waals surface area contributed by atoms with E-state index in [1.807, 2.05) is 0 Å². The highest BCUT2D eigenvalue weighted by atomic mass is 15.1. The Kier molecular flexibility index (Phi) is 5.19. The third kappa shape index (κ3) is 4.84. The first-order chi connectivity index (χ1) is 7.22. The van der Waals surface area contributed by atoms with E-state index in [-0.39, 0.29) is 0 Å². The lowest BCUT2D eigenvalue weighted by molar-refractivity contribution is 0.348. The molecule has 2 heteroatoms. The number of aryl methyl sites for hydroxylation is 1. The van der Waals surface area contributed by atoms with Gasteiger partial charge in [-0.05, 0) is 44.6 Å². The summed E-state index contributed by atoms with van der Waals surface area (Å²) in [5, 5.41) is 3.43. The first kappa shape index (κ1) is 12.1. The SMILES string of the molecule is CCCN(C)CCNc1cccc(C)c1. The van der Waals surface area contributed by atoms with E-state index >= 15 is 0 Å². The number of likely N-dealkylation sites (N-methyl/N-ethyl adjacent to an activating group) is 1. The molecule has 0 unspecified atom stereocenters. The fourth-order valence-electron chi connectivity index (χ4n) is 1.64. The third-order valence-electron chi connectivity index (χ3n) is 2.45. The molecule has 2 nitrogen and oxygen atoms in total. The highest BCUT2D eigenvalue weighted by Crippen LogP contribution is 2.08. The predicted molar refractivity (Wildman–Crippen MR) is 67.5 cm³/mol. The number of nitrogens with one attached hydrogen (secondary N) is 1. The molecular weight excluding hydrogens is 184 g/mol. The highest BCUT2D eigenvalue weighted by molar-refractivity contribution is 5.45. The van der Waals surface area contributed by atoms with E-state index in [1.54, 1.807) is 0 Å². The average molecular weight is 206 g/mol. The maximum absolute atomic E-state index is 3.43. The fraction of sp³-hybridized carbons (Fsp3) is 0.538. The summed E-state index contributed by atoms with van der Waals surface area (Å²) in [4.78, 5) is 2.35. The molecule has 15 heavy (non-hydrogen) atoms. The van der Waals surface area contributed by atoms with E-state index in [4.69, 9.17) is 0 Å². The second kappa shape index (κ2) is 6.46. The largest absolute Gasteiger partial charge is 0.384 e. The summed E-state index contributed by atoms with van der Waals surface area (Å²) in [7, 11) is 2.17. The van der Waals surface area contributed by atoms with E-state index in [0.29, 0.717) is 0 Å². The minimum absolute atomic E-state index is 1.01. The first-order valence-corrected chi connectivity index (χ1v) is 5.71. The van der Waals surface area contributed by atoms with Crippen molar-refractivity contribution >= 4 is 5.69 Å². The van der Waals surface area contributed by atoms with Crippen molar-refractivity contribution in [2.24, 2.45) is 0 Å². The Morgan fingerprint density at radius 3 is 2.73 bits per heavy atom. The average Bonchev–Trinajstić information content (AvgIpc) is 2.18. The Balaban J connectivity index is 2.25. The van der Waals surface area contributed by atoms with Gasteiger partial charge in [0.15, 0.2) is 0 Å². The summed E-state index contributed by atoms with van der Waals surface area (Å²) in [5.74, 6) is 0. The van der Waals surface area contributed by atoms with Gasteiger partial charge in [0, 0.05) is 18.8 Å². The molecule has 1 aromatic rings. The number of hydrogen-bond acceptors (Lipinski definition) is 2. The van der Waals surface area contributed by atoms with Crippen molar-refractivity contribution in [3.63, 3.8) is 0 Å². The molecule has 0 radical (unpaired) electrons. The molecule has 0 aliphatic rings. The van der Waals surface area contributed by atoms with E-state index in [0.717, 1.165) is 13.1 Å². The lowest BCUT2D eigenvalue weighted by atomic mass is 10.2. The molecule has 0 aromatic heterocycles. The predicted octanol–water partition coefficient (Wildman–Crippen LogP) is 2.75. The topological polar surface area (TPSA) is 15.3 Å². The monoisotopic (exact) mass is 206 g/mol. The molecule has 0 amide bonds. The molecule has 0 fully saturated rings. The molecule has 1 aromatic carbocycles. The van der Waals surface area contributed by atoms with E-state index in [2.05, 4.69) is 55.4 Å². The van der Waals surface area contributed by atoms with Gasteiger partial charge in [0.25, 0.3) is 0 Å². The van der Waals surface area contributed by atoms with Gasteiger partial charge >= 0.3 is 0 Å². The zero-order valence-corrected chi connectivity index (χ0v) is 10.1. The van der Waals surface area contributed by atoms with Gasteiger partial charge in [-0.25, -0.2) is 0 Å². The van der Waals surface area contributed by atoms with Crippen LogP contribution in [0.3, 0.4) is 0 Å². The Hall–Kier alpha value is -1.02. The van der Waals surface area contributed by atoms with Crippen LogP contribution in [0, 0.1) is 6.92 Å². The van der Waals surface area contributed by atoms with Gasteiger partial charge in [-0.15, -0.1) is 0 Å². The Bertz CT molecular complexity index is 284. The number of rotatable bonds is 6. The molecular formula is C13H22N2. The smallest absolute Gasteiger partial charge is 0.0343 e. The first-order valence-electron chi connectivity index (χ1n) is 5.71. The summed E-state index contributed by atoms with van der Waals surface area (Å²) in [5.41, 5.74) is 2.53. The van der Waals surface area contributed by atoms with Crippen molar-refractivity contribution in [2.45, 2.75) is 20.3 Å². The Labute approximate surface area is 93.3 Å². The molecule has 1 rings (SSSR count). The molecule has 0 heterocycles. The second-order valence-corrected chi connectivity index (χ2v) is 4.10. The van der Waals surface area contributed by atoms with Crippen LogP contribution in [0.1, 0.15) is 18.9 Å². The van der Waals surface area contributed by atoms with Gasteiger partial charge in [0.1, 0.15) is 0 Å². The molecule has 0 spiro atoms. The van der Waals surface area contributed by atoms with Gasteiger partial charge in [0.05, 0.1) is 0 Å². The van der Waals surface area contributed by atoms with Crippen LogP contribution in [-0.2, 0) is 0 Å². The molecule has 0 bridgehead atoms. The van der Waals surface area contributed by atoms with Crippen LogP contribution in [0.4, 0.5) is 5.69 Å². The van der Waals surface area contributed by atoms with Gasteiger partial charge in [-0.1, -0.05) is 19.1 Å². The van der Waals surface area contributed by atoms with Crippen LogP contribution in [0.25, 0.3) is 0 Å². The van der Waals surface area contributed by atoms with E-state index in [9.17, 15) is 0 Å². The maximum atomic E-state index is 3.43. The standard InChI is InChI=1S/C13H22N2/c1-4-9-15(3)10-8-14-13-7-5-6-12(2)11-13/h5-7,11,14H,4,8-10H2,1-3H3. The van der Waals surface area contributed by atoms with Gasteiger partial charge in [-0.2, -0.15) is 0 Å². The van der Waals surface area contributed by atoms with Crippen LogP contribution >= 0.6 is 0 Å². The molecule has 0 aliphatic carbocycles. The van der Waals surface area contributed by atoms with Crippen molar-refractivity contribution in [1.29, 1.82) is 0 Å².